The van der Waals surface area contributed by atoms with Crippen LogP contribution in [0.5, 0.6) is 0 Å². The third-order valence-electron chi connectivity index (χ3n) is 5.74. The summed E-state index contributed by atoms with van der Waals surface area (Å²) in [6.45, 7) is 7.66. The number of alkyl carbamates (subject to hydrolysis) is 1. The fraction of sp³-hybridized carbons (Fsp3) is 0.423. The summed E-state index contributed by atoms with van der Waals surface area (Å²) in [5, 5.41) is 5.74. The van der Waals surface area contributed by atoms with Crippen LogP contribution in [0.1, 0.15) is 56.5 Å². The van der Waals surface area contributed by atoms with Gasteiger partial charge in [-0.1, -0.05) is 36.4 Å². The SMILES string of the molecule is CC(C)(C)OC(=O)NCc1ccc(CNC(=O)N2CCC(c3nc4ccccc4o3)CC2)cc1. The van der Waals surface area contributed by atoms with Crippen LogP contribution in [0.4, 0.5) is 9.59 Å². The Hall–Kier alpha value is -3.55. The molecule has 0 radical (unpaired) electrons. The van der Waals surface area contributed by atoms with Crippen molar-refractivity contribution in [2.75, 3.05) is 13.1 Å². The van der Waals surface area contributed by atoms with Gasteiger partial charge in [0.05, 0.1) is 0 Å². The van der Waals surface area contributed by atoms with Crippen LogP contribution in [0.3, 0.4) is 0 Å². The number of likely N-dealkylation sites (tertiary alicyclic amines) is 1. The van der Waals surface area contributed by atoms with E-state index in [0.717, 1.165) is 41.0 Å². The molecule has 8 nitrogen and oxygen atoms in total. The predicted molar refractivity (Wildman–Crippen MR) is 129 cm³/mol. The largest absolute Gasteiger partial charge is 0.444 e. The second kappa shape index (κ2) is 10.2. The fourth-order valence-corrected chi connectivity index (χ4v) is 3.95. The van der Waals surface area contributed by atoms with Crippen molar-refractivity contribution in [2.24, 2.45) is 0 Å². The van der Waals surface area contributed by atoms with E-state index in [1.807, 2.05) is 74.2 Å². The van der Waals surface area contributed by atoms with Crippen molar-refractivity contribution < 1.29 is 18.7 Å². The molecule has 1 aliphatic heterocycles. The molecule has 34 heavy (non-hydrogen) atoms. The molecule has 2 N–H and O–H groups in total. The summed E-state index contributed by atoms with van der Waals surface area (Å²) in [6, 6.07) is 15.5. The van der Waals surface area contributed by atoms with Crippen LogP contribution in [-0.2, 0) is 17.8 Å². The van der Waals surface area contributed by atoms with E-state index < -0.39 is 11.7 Å². The Morgan fingerprint density at radius 3 is 2.24 bits per heavy atom. The number of nitrogens with one attached hydrogen (secondary N) is 2. The van der Waals surface area contributed by atoms with E-state index in [-0.39, 0.29) is 11.9 Å². The van der Waals surface area contributed by atoms with Gasteiger partial charge in [0.25, 0.3) is 0 Å². The van der Waals surface area contributed by atoms with Crippen molar-refractivity contribution in [3.63, 3.8) is 0 Å². The minimum Gasteiger partial charge on any atom is -0.444 e. The molecule has 1 aromatic heterocycles. The van der Waals surface area contributed by atoms with Crippen molar-refractivity contribution in [3.05, 3.63) is 65.5 Å². The number of hydrogen-bond donors (Lipinski definition) is 2. The zero-order valence-electron chi connectivity index (χ0n) is 20.0. The number of oxazole rings is 1. The summed E-state index contributed by atoms with van der Waals surface area (Å²) in [4.78, 5) is 30.9. The Balaban J connectivity index is 1.20. The van der Waals surface area contributed by atoms with Crippen molar-refractivity contribution in [3.8, 4) is 0 Å². The van der Waals surface area contributed by atoms with Crippen molar-refractivity contribution in [2.45, 2.75) is 58.2 Å². The van der Waals surface area contributed by atoms with E-state index in [0.29, 0.717) is 26.2 Å². The van der Waals surface area contributed by atoms with Gasteiger partial charge < -0.3 is 24.7 Å². The van der Waals surface area contributed by atoms with Crippen LogP contribution >= 0.6 is 0 Å². The van der Waals surface area contributed by atoms with E-state index in [2.05, 4.69) is 15.6 Å². The quantitative estimate of drug-likeness (QED) is 0.557. The normalized spacial score (nSPS) is 14.7. The van der Waals surface area contributed by atoms with Gasteiger partial charge in [-0.2, -0.15) is 0 Å². The second-order valence-corrected chi connectivity index (χ2v) is 9.61. The molecular weight excluding hydrogens is 432 g/mol. The van der Waals surface area contributed by atoms with E-state index in [9.17, 15) is 9.59 Å². The molecule has 2 aromatic carbocycles. The lowest BCUT2D eigenvalue weighted by molar-refractivity contribution is 0.0523. The lowest BCUT2D eigenvalue weighted by Crippen LogP contribution is -2.43. The average Bonchev–Trinajstić information content (AvgIpc) is 3.25. The van der Waals surface area contributed by atoms with Gasteiger partial charge >= 0.3 is 12.1 Å². The van der Waals surface area contributed by atoms with Crippen LogP contribution in [0.15, 0.2) is 52.9 Å². The molecule has 3 aromatic rings. The Morgan fingerprint density at radius 2 is 1.62 bits per heavy atom. The smallest absolute Gasteiger partial charge is 0.407 e. The first-order valence-electron chi connectivity index (χ1n) is 11.7. The third kappa shape index (κ3) is 6.27. The number of ether oxygens (including phenoxy) is 1. The number of para-hydroxylation sites is 2. The summed E-state index contributed by atoms with van der Waals surface area (Å²) in [7, 11) is 0. The molecule has 4 rings (SSSR count). The molecule has 0 saturated carbocycles. The first-order chi connectivity index (χ1) is 16.3. The van der Waals surface area contributed by atoms with Crippen molar-refractivity contribution in [1.82, 2.24) is 20.5 Å². The lowest BCUT2D eigenvalue weighted by Gasteiger charge is -2.30. The minimum absolute atomic E-state index is 0.0633. The number of fused-ring (bicyclic) bond motifs is 1. The van der Waals surface area contributed by atoms with Gasteiger partial charge in [0.1, 0.15) is 11.1 Å². The molecule has 0 atom stereocenters. The highest BCUT2D eigenvalue weighted by Crippen LogP contribution is 2.29. The third-order valence-corrected chi connectivity index (χ3v) is 5.74. The van der Waals surface area contributed by atoms with Crippen LogP contribution in [0.2, 0.25) is 0 Å². The van der Waals surface area contributed by atoms with Gasteiger partial charge in [-0.3, -0.25) is 0 Å². The van der Waals surface area contributed by atoms with E-state index in [4.69, 9.17) is 9.15 Å². The van der Waals surface area contributed by atoms with E-state index in [1.54, 1.807) is 0 Å². The zero-order chi connectivity index (χ0) is 24.1. The number of piperidine rings is 1. The lowest BCUT2D eigenvalue weighted by atomic mass is 9.97. The molecule has 1 saturated heterocycles. The van der Waals surface area contributed by atoms with Crippen LogP contribution in [0, 0.1) is 0 Å². The molecule has 0 aliphatic carbocycles. The van der Waals surface area contributed by atoms with E-state index >= 15 is 0 Å². The van der Waals surface area contributed by atoms with Crippen molar-refractivity contribution >= 4 is 23.2 Å². The maximum atomic E-state index is 12.6. The summed E-state index contributed by atoms with van der Waals surface area (Å²) < 4.78 is 11.1. The highest BCUT2D eigenvalue weighted by molar-refractivity contribution is 5.74. The summed E-state index contributed by atoms with van der Waals surface area (Å²) >= 11 is 0. The molecule has 0 spiro atoms. The first kappa shape index (κ1) is 23.6. The standard InChI is InChI=1S/C26H32N4O4/c1-26(2,3)34-25(32)28-17-19-10-8-18(9-11-19)16-27-24(31)30-14-12-20(13-15-30)23-29-21-6-4-5-7-22(21)33-23/h4-11,20H,12-17H2,1-3H3,(H,27,31)(H,28,32). The molecular formula is C26H32N4O4. The molecule has 8 heteroatoms. The number of aromatic nitrogens is 1. The van der Waals surface area contributed by atoms with Gasteiger partial charge in [-0.15, -0.1) is 0 Å². The molecule has 2 heterocycles. The number of rotatable bonds is 5. The molecule has 0 unspecified atom stereocenters. The van der Waals surface area contributed by atoms with Gasteiger partial charge in [0.2, 0.25) is 0 Å². The maximum Gasteiger partial charge on any atom is 0.407 e. The summed E-state index contributed by atoms with van der Waals surface area (Å²) in [5.74, 6) is 1.00. The van der Waals surface area contributed by atoms with Gasteiger partial charge in [-0.25, -0.2) is 14.6 Å². The molecule has 1 fully saturated rings. The monoisotopic (exact) mass is 464 g/mol. The molecule has 180 valence electrons. The Labute approximate surface area is 199 Å². The Bertz CT molecular complexity index is 1090. The topological polar surface area (TPSA) is 96.7 Å². The Kier molecular flexibility index (Phi) is 7.05. The van der Waals surface area contributed by atoms with Crippen LogP contribution in [-0.4, -0.2) is 40.7 Å². The average molecular weight is 465 g/mol. The second-order valence-electron chi connectivity index (χ2n) is 9.61. The number of urea groups is 1. The number of nitrogens with zero attached hydrogens (tertiary/aromatic N) is 2. The number of benzene rings is 2. The highest BCUT2D eigenvalue weighted by atomic mass is 16.6. The van der Waals surface area contributed by atoms with Gasteiger partial charge in [0, 0.05) is 32.1 Å². The van der Waals surface area contributed by atoms with Gasteiger partial charge in [0.15, 0.2) is 11.5 Å². The predicted octanol–water partition coefficient (Wildman–Crippen LogP) is 4.94. The molecule has 0 bridgehead atoms. The van der Waals surface area contributed by atoms with Gasteiger partial charge in [-0.05, 0) is 56.9 Å². The molecule has 3 amide bonds. The molecule has 1 aliphatic rings. The number of carbonyl (C=O) groups excluding carboxylic acids is 2. The summed E-state index contributed by atoms with van der Waals surface area (Å²) in [6.07, 6.45) is 1.22. The minimum atomic E-state index is -0.522. The summed E-state index contributed by atoms with van der Waals surface area (Å²) in [5.41, 5.74) is 3.12. The number of amides is 3. The van der Waals surface area contributed by atoms with Crippen LogP contribution < -0.4 is 10.6 Å². The number of carbonyl (C=O) groups is 2. The maximum absolute atomic E-state index is 12.6. The van der Waals surface area contributed by atoms with E-state index in [1.165, 1.54) is 0 Å². The fourth-order valence-electron chi connectivity index (χ4n) is 3.95. The first-order valence-corrected chi connectivity index (χ1v) is 11.7. The van der Waals surface area contributed by atoms with Crippen LogP contribution in [0.25, 0.3) is 11.1 Å². The highest BCUT2D eigenvalue weighted by Gasteiger charge is 2.27. The zero-order valence-corrected chi connectivity index (χ0v) is 20.0. The number of hydrogen-bond acceptors (Lipinski definition) is 5. The van der Waals surface area contributed by atoms with Crippen molar-refractivity contribution in [1.29, 1.82) is 0 Å². The Morgan fingerprint density at radius 1 is 1.00 bits per heavy atom.